The van der Waals surface area contributed by atoms with E-state index in [4.69, 9.17) is 12.2 Å². The second-order valence-electron chi connectivity index (χ2n) is 7.04. The summed E-state index contributed by atoms with van der Waals surface area (Å²) in [5.41, 5.74) is 1.83. The molecular weight excluding hydrogens is 418 g/mol. The van der Waals surface area contributed by atoms with E-state index in [1.165, 1.54) is 9.71 Å². The molecule has 2 heterocycles. The predicted molar refractivity (Wildman–Crippen MR) is 120 cm³/mol. The molecule has 0 amide bonds. The minimum atomic E-state index is -3.44. The van der Waals surface area contributed by atoms with Gasteiger partial charge in [0.25, 0.3) is 0 Å². The fraction of sp³-hybridized carbons (Fsp3) is 0.238. The molecule has 3 aromatic rings. The van der Waals surface area contributed by atoms with Crippen molar-refractivity contribution in [1.82, 2.24) is 23.6 Å². The third-order valence-electron chi connectivity index (χ3n) is 5.02. The zero-order valence-electron chi connectivity index (χ0n) is 16.4. The third-order valence-corrected chi connectivity index (χ3v) is 7.00. The van der Waals surface area contributed by atoms with E-state index in [-0.39, 0.29) is 0 Å². The van der Waals surface area contributed by atoms with Gasteiger partial charge in [-0.15, -0.1) is 0 Å². The first-order valence-electron chi connectivity index (χ1n) is 9.68. The van der Waals surface area contributed by atoms with Crippen LogP contribution in [0.2, 0.25) is 0 Å². The van der Waals surface area contributed by atoms with Crippen LogP contribution < -0.4 is 0 Å². The Bertz CT molecular complexity index is 1160. The van der Waals surface area contributed by atoms with E-state index in [0.717, 1.165) is 11.3 Å². The van der Waals surface area contributed by atoms with Crippen LogP contribution in [0.15, 0.2) is 72.4 Å². The Balaban J connectivity index is 1.37. The second-order valence-corrected chi connectivity index (χ2v) is 9.22. The molecule has 0 spiro atoms. The van der Waals surface area contributed by atoms with Crippen LogP contribution >= 0.6 is 12.2 Å². The van der Waals surface area contributed by atoms with Crippen molar-refractivity contribution in [3.63, 3.8) is 0 Å². The molecule has 1 aromatic heterocycles. The van der Waals surface area contributed by atoms with Crippen molar-refractivity contribution in [1.29, 1.82) is 0 Å². The van der Waals surface area contributed by atoms with Crippen molar-refractivity contribution in [2.45, 2.75) is 6.67 Å². The summed E-state index contributed by atoms with van der Waals surface area (Å²) in [4.78, 5) is 2.16. The summed E-state index contributed by atoms with van der Waals surface area (Å²) in [6, 6.07) is 19.3. The number of piperazine rings is 1. The molecule has 156 valence electrons. The van der Waals surface area contributed by atoms with Gasteiger partial charge in [-0.05, 0) is 36.0 Å². The molecule has 1 saturated heterocycles. The third kappa shape index (κ3) is 4.76. The maximum absolute atomic E-state index is 12.6. The molecule has 1 aliphatic heterocycles. The minimum Gasteiger partial charge on any atom is -0.282 e. The van der Waals surface area contributed by atoms with Gasteiger partial charge in [-0.25, -0.2) is 13.1 Å². The largest absolute Gasteiger partial charge is 0.282 e. The summed E-state index contributed by atoms with van der Waals surface area (Å²) in [5, 5.41) is 5.70. The Labute approximate surface area is 181 Å². The lowest BCUT2D eigenvalue weighted by Crippen LogP contribution is -2.48. The lowest BCUT2D eigenvalue weighted by atomic mass is 10.2. The van der Waals surface area contributed by atoms with E-state index in [0.29, 0.717) is 37.6 Å². The summed E-state index contributed by atoms with van der Waals surface area (Å²) < 4.78 is 31.0. The van der Waals surface area contributed by atoms with Gasteiger partial charge in [0.05, 0.1) is 6.67 Å². The monoisotopic (exact) mass is 441 g/mol. The Morgan fingerprint density at radius 3 is 2.23 bits per heavy atom. The first-order valence-corrected chi connectivity index (χ1v) is 11.6. The zero-order chi connectivity index (χ0) is 21.0. The van der Waals surface area contributed by atoms with E-state index in [2.05, 4.69) is 10.00 Å². The molecule has 9 heteroatoms. The molecule has 1 aliphatic rings. The molecule has 4 rings (SSSR count). The van der Waals surface area contributed by atoms with E-state index in [1.54, 1.807) is 17.1 Å². The highest BCUT2D eigenvalue weighted by Crippen LogP contribution is 2.13. The number of hydrogen-bond donors (Lipinski definition) is 0. The average molecular weight is 442 g/mol. The Kier molecular flexibility index (Phi) is 6.24. The van der Waals surface area contributed by atoms with Crippen LogP contribution in [0.5, 0.6) is 0 Å². The van der Waals surface area contributed by atoms with E-state index in [1.807, 2.05) is 65.2 Å². The zero-order valence-corrected chi connectivity index (χ0v) is 18.0. The van der Waals surface area contributed by atoms with Gasteiger partial charge in [0.1, 0.15) is 6.33 Å². The van der Waals surface area contributed by atoms with Gasteiger partial charge in [-0.3, -0.25) is 9.47 Å². The number of aromatic nitrogens is 3. The molecular formula is C21H23N5O2S2. The number of sulfonamides is 1. The van der Waals surface area contributed by atoms with Crippen LogP contribution in [0, 0.1) is 4.77 Å². The second kappa shape index (κ2) is 9.05. The van der Waals surface area contributed by atoms with Gasteiger partial charge in [0, 0.05) is 37.3 Å². The van der Waals surface area contributed by atoms with Crippen molar-refractivity contribution in [3.8, 4) is 5.69 Å². The Hall–Kier alpha value is -2.59. The number of benzene rings is 2. The molecule has 0 radical (unpaired) electrons. The van der Waals surface area contributed by atoms with Crippen LogP contribution in [0.25, 0.3) is 11.8 Å². The molecule has 0 bridgehead atoms. The number of nitrogens with zero attached hydrogens (tertiary/aromatic N) is 5. The van der Waals surface area contributed by atoms with Gasteiger partial charge < -0.3 is 0 Å². The summed E-state index contributed by atoms with van der Waals surface area (Å²) in [5.74, 6) is 0. The van der Waals surface area contributed by atoms with E-state index in [9.17, 15) is 8.42 Å². The fourth-order valence-corrected chi connectivity index (χ4v) is 4.76. The highest BCUT2D eigenvalue weighted by atomic mass is 32.2. The van der Waals surface area contributed by atoms with Gasteiger partial charge in [-0.2, -0.15) is 9.40 Å². The van der Waals surface area contributed by atoms with Crippen LogP contribution in [-0.2, 0) is 16.7 Å². The number of hydrogen-bond acceptors (Lipinski definition) is 5. The van der Waals surface area contributed by atoms with Gasteiger partial charge in [-0.1, -0.05) is 48.5 Å². The van der Waals surface area contributed by atoms with E-state index >= 15 is 0 Å². The van der Waals surface area contributed by atoms with Crippen molar-refractivity contribution < 1.29 is 8.42 Å². The standard InChI is InChI=1S/C21H23N5O2S2/c27-30(28,16-11-19-7-3-1-4-8-19)24-14-12-23(13-15-24)18-26-21(29)25(17-22-26)20-9-5-2-6-10-20/h1-11,16-17H,12-15,18H2. The number of para-hydroxylation sites is 1. The maximum Gasteiger partial charge on any atom is 0.236 e. The summed E-state index contributed by atoms with van der Waals surface area (Å²) in [6.07, 6.45) is 3.35. The molecule has 7 nitrogen and oxygen atoms in total. The SMILES string of the molecule is O=S(=O)(C=Cc1ccccc1)N1CCN(Cn2ncn(-c3ccccc3)c2=S)CC1. The van der Waals surface area contributed by atoms with Gasteiger partial charge in [0.15, 0.2) is 0 Å². The van der Waals surface area contributed by atoms with Crippen LogP contribution in [0.3, 0.4) is 0 Å². The number of rotatable bonds is 6. The van der Waals surface area contributed by atoms with Gasteiger partial charge in [0.2, 0.25) is 14.8 Å². The average Bonchev–Trinajstić information content (AvgIpc) is 3.14. The lowest BCUT2D eigenvalue weighted by molar-refractivity contribution is 0.145. The minimum absolute atomic E-state index is 0.439. The highest BCUT2D eigenvalue weighted by Gasteiger charge is 2.25. The fourth-order valence-electron chi connectivity index (χ4n) is 3.33. The first kappa shape index (κ1) is 20.7. The highest BCUT2D eigenvalue weighted by molar-refractivity contribution is 7.92. The smallest absolute Gasteiger partial charge is 0.236 e. The molecule has 0 saturated carbocycles. The van der Waals surface area contributed by atoms with Crippen LogP contribution in [0.4, 0.5) is 0 Å². The Morgan fingerprint density at radius 1 is 0.933 bits per heavy atom. The quantitative estimate of drug-likeness (QED) is 0.551. The van der Waals surface area contributed by atoms with Crippen molar-refractivity contribution in [2.75, 3.05) is 26.2 Å². The summed E-state index contributed by atoms with van der Waals surface area (Å²) in [6.45, 7) is 2.66. The predicted octanol–water partition coefficient (Wildman–Crippen LogP) is 2.98. The van der Waals surface area contributed by atoms with E-state index < -0.39 is 10.0 Å². The molecule has 0 aliphatic carbocycles. The van der Waals surface area contributed by atoms with Crippen LogP contribution in [-0.4, -0.2) is 58.1 Å². The normalized spacial score (nSPS) is 16.3. The summed E-state index contributed by atoms with van der Waals surface area (Å²) in [7, 11) is -3.44. The molecule has 2 aromatic carbocycles. The van der Waals surface area contributed by atoms with Gasteiger partial charge >= 0.3 is 0 Å². The molecule has 30 heavy (non-hydrogen) atoms. The molecule has 0 unspecified atom stereocenters. The topological polar surface area (TPSA) is 63.4 Å². The van der Waals surface area contributed by atoms with Crippen molar-refractivity contribution >= 4 is 28.3 Å². The molecule has 0 N–H and O–H groups in total. The van der Waals surface area contributed by atoms with Crippen LogP contribution in [0.1, 0.15) is 5.56 Å². The first-order chi connectivity index (χ1) is 14.5. The maximum atomic E-state index is 12.6. The van der Waals surface area contributed by atoms with Crippen molar-refractivity contribution in [2.24, 2.45) is 0 Å². The van der Waals surface area contributed by atoms with Crippen molar-refractivity contribution in [3.05, 3.63) is 82.7 Å². The molecule has 0 atom stereocenters. The Morgan fingerprint density at radius 2 is 1.57 bits per heavy atom. The summed E-state index contributed by atoms with van der Waals surface area (Å²) >= 11 is 5.56. The lowest BCUT2D eigenvalue weighted by Gasteiger charge is -2.32. The molecule has 1 fully saturated rings.